The highest BCUT2D eigenvalue weighted by Gasteiger charge is 2.29. The molecule has 3 N–H and O–H groups in total. The minimum absolute atomic E-state index is 0.0157. The number of carbonyl (C=O) groups is 2. The van der Waals surface area contributed by atoms with E-state index in [1.807, 2.05) is 13.8 Å². The lowest BCUT2D eigenvalue weighted by Gasteiger charge is -2.31. The monoisotopic (exact) mass is 256 g/mol. The summed E-state index contributed by atoms with van der Waals surface area (Å²) in [5.74, 6) is -0.725. The zero-order chi connectivity index (χ0) is 13.7. The van der Waals surface area contributed by atoms with E-state index in [2.05, 4.69) is 0 Å². The summed E-state index contributed by atoms with van der Waals surface area (Å²) in [7, 11) is 0. The van der Waals surface area contributed by atoms with Crippen molar-refractivity contribution in [2.24, 2.45) is 17.6 Å². The number of nitrogens with two attached hydrogens (primary N) is 1. The lowest BCUT2D eigenvalue weighted by atomic mass is 9.85. The number of nitrogens with zero attached hydrogens (tertiary/aromatic N) is 1. The normalized spacial score (nSPS) is 24.0. The molecule has 0 aromatic rings. The Labute approximate surface area is 108 Å². The zero-order valence-corrected chi connectivity index (χ0v) is 11.3. The van der Waals surface area contributed by atoms with Gasteiger partial charge in [-0.15, -0.1) is 0 Å². The van der Waals surface area contributed by atoms with Crippen LogP contribution in [0.4, 0.5) is 0 Å². The summed E-state index contributed by atoms with van der Waals surface area (Å²) in [5, 5.41) is 8.87. The summed E-state index contributed by atoms with van der Waals surface area (Å²) in [6.07, 6.45) is 3.29. The third-order valence-electron chi connectivity index (χ3n) is 3.34. The predicted octanol–water partition coefficient (Wildman–Crippen LogP) is 1.07. The van der Waals surface area contributed by atoms with Crippen LogP contribution < -0.4 is 5.73 Å². The molecule has 0 aromatic heterocycles. The largest absolute Gasteiger partial charge is 0.480 e. The molecule has 1 amide bonds. The number of carboxylic acids is 1. The van der Waals surface area contributed by atoms with Crippen LogP contribution in [0.1, 0.15) is 39.5 Å². The van der Waals surface area contributed by atoms with Crippen LogP contribution in [-0.2, 0) is 9.59 Å². The van der Waals surface area contributed by atoms with Crippen LogP contribution in [0.2, 0.25) is 0 Å². The number of carbonyl (C=O) groups excluding carboxylic acids is 1. The third kappa shape index (κ3) is 4.64. The van der Waals surface area contributed by atoms with Crippen molar-refractivity contribution in [3.8, 4) is 0 Å². The van der Waals surface area contributed by atoms with E-state index in [-0.39, 0.29) is 30.3 Å². The van der Waals surface area contributed by atoms with Crippen molar-refractivity contribution in [3.05, 3.63) is 0 Å². The second kappa shape index (κ2) is 6.73. The van der Waals surface area contributed by atoms with Gasteiger partial charge in [0.2, 0.25) is 5.91 Å². The first-order chi connectivity index (χ1) is 8.40. The van der Waals surface area contributed by atoms with Crippen LogP contribution in [0.5, 0.6) is 0 Å². The van der Waals surface area contributed by atoms with Crippen molar-refractivity contribution in [2.75, 3.05) is 13.1 Å². The van der Waals surface area contributed by atoms with Crippen molar-refractivity contribution >= 4 is 11.9 Å². The highest BCUT2D eigenvalue weighted by Crippen LogP contribution is 2.25. The fourth-order valence-corrected chi connectivity index (χ4v) is 2.46. The van der Waals surface area contributed by atoms with Gasteiger partial charge in [-0.25, -0.2) is 0 Å². The molecule has 0 unspecified atom stereocenters. The van der Waals surface area contributed by atoms with E-state index in [0.29, 0.717) is 6.54 Å². The first kappa shape index (κ1) is 15.0. The average molecular weight is 256 g/mol. The number of carboxylic acid groups (broad SMARTS) is 1. The average Bonchev–Trinajstić information content (AvgIpc) is 2.27. The quantitative estimate of drug-likeness (QED) is 0.770. The van der Waals surface area contributed by atoms with E-state index in [1.165, 1.54) is 4.90 Å². The van der Waals surface area contributed by atoms with E-state index in [0.717, 1.165) is 25.7 Å². The summed E-state index contributed by atoms with van der Waals surface area (Å²) < 4.78 is 0. The van der Waals surface area contributed by atoms with Crippen molar-refractivity contribution in [2.45, 2.75) is 45.6 Å². The fraction of sp³-hybridized carbons (Fsp3) is 0.846. The third-order valence-corrected chi connectivity index (χ3v) is 3.34. The van der Waals surface area contributed by atoms with Gasteiger partial charge in [-0.1, -0.05) is 13.8 Å². The van der Waals surface area contributed by atoms with Crippen molar-refractivity contribution in [1.82, 2.24) is 4.90 Å². The zero-order valence-electron chi connectivity index (χ0n) is 11.3. The second-order valence-corrected chi connectivity index (χ2v) is 5.62. The molecule has 1 rings (SSSR count). The molecular weight excluding hydrogens is 232 g/mol. The van der Waals surface area contributed by atoms with Crippen molar-refractivity contribution in [3.63, 3.8) is 0 Å². The first-order valence-electron chi connectivity index (χ1n) is 6.66. The highest BCUT2D eigenvalue weighted by atomic mass is 16.4. The second-order valence-electron chi connectivity index (χ2n) is 5.62. The molecule has 1 aliphatic rings. The Morgan fingerprint density at radius 1 is 1.28 bits per heavy atom. The maximum atomic E-state index is 12.3. The Balaban J connectivity index is 2.60. The fourth-order valence-electron chi connectivity index (χ4n) is 2.46. The molecule has 5 heteroatoms. The van der Waals surface area contributed by atoms with Crippen LogP contribution >= 0.6 is 0 Å². The summed E-state index contributed by atoms with van der Waals surface area (Å²) in [6.45, 7) is 4.28. The van der Waals surface area contributed by atoms with Gasteiger partial charge in [0.1, 0.15) is 6.54 Å². The van der Waals surface area contributed by atoms with Gasteiger partial charge >= 0.3 is 5.97 Å². The Kier molecular flexibility index (Phi) is 5.59. The number of hydrogen-bond acceptors (Lipinski definition) is 3. The van der Waals surface area contributed by atoms with Crippen molar-refractivity contribution < 1.29 is 14.7 Å². The molecule has 1 aliphatic carbocycles. The lowest BCUT2D eigenvalue weighted by Crippen LogP contribution is -2.43. The van der Waals surface area contributed by atoms with E-state index < -0.39 is 5.97 Å². The standard InChI is InChI=1S/C13H24N2O3/c1-9(2)7-15(8-12(16)17)13(18)10-3-5-11(14)6-4-10/h9-11H,3-8,14H2,1-2H3,(H,16,17). The first-order valence-corrected chi connectivity index (χ1v) is 6.66. The van der Waals surface area contributed by atoms with E-state index in [4.69, 9.17) is 10.8 Å². The van der Waals surface area contributed by atoms with Gasteiger partial charge in [0.15, 0.2) is 0 Å². The van der Waals surface area contributed by atoms with Gasteiger partial charge in [-0.05, 0) is 31.6 Å². The highest BCUT2D eigenvalue weighted by molar-refractivity contribution is 5.83. The number of hydrogen-bond donors (Lipinski definition) is 2. The van der Waals surface area contributed by atoms with E-state index in [9.17, 15) is 9.59 Å². The van der Waals surface area contributed by atoms with Gasteiger partial charge in [0.05, 0.1) is 0 Å². The molecule has 0 heterocycles. The minimum atomic E-state index is -0.948. The van der Waals surface area contributed by atoms with E-state index >= 15 is 0 Å². The molecule has 1 fully saturated rings. The molecule has 18 heavy (non-hydrogen) atoms. The van der Waals surface area contributed by atoms with Gasteiger partial charge in [-0.2, -0.15) is 0 Å². The minimum Gasteiger partial charge on any atom is -0.480 e. The molecule has 0 aliphatic heterocycles. The summed E-state index contributed by atoms with van der Waals surface area (Å²) in [6, 6.07) is 0.201. The van der Waals surface area contributed by atoms with Crippen LogP contribution in [0.25, 0.3) is 0 Å². The number of amides is 1. The molecule has 0 radical (unpaired) electrons. The Bertz CT molecular complexity index is 297. The summed E-state index contributed by atoms with van der Waals surface area (Å²) in [4.78, 5) is 24.6. The number of aliphatic carboxylic acids is 1. The van der Waals surface area contributed by atoms with Gasteiger partial charge in [0, 0.05) is 18.5 Å². The Hall–Kier alpha value is -1.10. The topological polar surface area (TPSA) is 83.6 Å². The van der Waals surface area contributed by atoms with Crippen molar-refractivity contribution in [1.29, 1.82) is 0 Å². The van der Waals surface area contributed by atoms with E-state index in [1.54, 1.807) is 0 Å². The van der Waals surface area contributed by atoms with Gasteiger partial charge in [0.25, 0.3) is 0 Å². The summed E-state index contributed by atoms with van der Waals surface area (Å²) in [5.41, 5.74) is 5.82. The summed E-state index contributed by atoms with van der Waals surface area (Å²) >= 11 is 0. The Morgan fingerprint density at radius 3 is 2.28 bits per heavy atom. The predicted molar refractivity (Wildman–Crippen MR) is 69.0 cm³/mol. The molecular formula is C13H24N2O3. The van der Waals surface area contributed by atoms with Gasteiger partial charge in [-0.3, -0.25) is 9.59 Å². The molecule has 5 nitrogen and oxygen atoms in total. The Morgan fingerprint density at radius 2 is 1.83 bits per heavy atom. The van der Waals surface area contributed by atoms with Crippen LogP contribution in [-0.4, -0.2) is 41.0 Å². The molecule has 0 spiro atoms. The molecule has 1 saturated carbocycles. The number of rotatable bonds is 5. The molecule has 104 valence electrons. The molecule has 0 saturated heterocycles. The van der Waals surface area contributed by atoms with Crippen LogP contribution in [0.15, 0.2) is 0 Å². The maximum absolute atomic E-state index is 12.3. The molecule has 0 aromatic carbocycles. The SMILES string of the molecule is CC(C)CN(CC(=O)O)C(=O)C1CCC(N)CC1. The van der Waals surface area contributed by atoms with Crippen LogP contribution in [0.3, 0.4) is 0 Å². The maximum Gasteiger partial charge on any atom is 0.323 e. The van der Waals surface area contributed by atoms with Crippen LogP contribution in [0, 0.1) is 11.8 Å². The smallest absolute Gasteiger partial charge is 0.323 e. The molecule has 0 bridgehead atoms. The lowest BCUT2D eigenvalue weighted by molar-refractivity contribution is -0.147. The van der Waals surface area contributed by atoms with Gasteiger partial charge < -0.3 is 15.7 Å². The molecule has 0 atom stereocenters.